The fraction of sp³-hybridized carbons (Fsp3) is 0. The zero-order valence-corrected chi connectivity index (χ0v) is 17.6. The van der Waals surface area contributed by atoms with E-state index < -0.39 is 21.5 Å². The summed E-state index contributed by atoms with van der Waals surface area (Å²) in [6, 6.07) is 19.8. The highest BCUT2D eigenvalue weighted by atomic mass is 32.2. The molecule has 0 saturated carbocycles. The number of nitro groups is 2. The summed E-state index contributed by atoms with van der Waals surface area (Å²) in [7, 11) is 0. The van der Waals surface area contributed by atoms with Gasteiger partial charge in [0.25, 0.3) is 11.4 Å². The smallest absolute Gasteiger partial charge is 0.258 e. The van der Waals surface area contributed by atoms with Crippen molar-refractivity contribution >= 4 is 23.1 Å². The van der Waals surface area contributed by atoms with Crippen LogP contribution in [0.25, 0.3) is 22.3 Å². The lowest BCUT2D eigenvalue weighted by Gasteiger charge is -2.10. The van der Waals surface area contributed by atoms with Gasteiger partial charge in [-0.25, -0.2) is 8.78 Å². The van der Waals surface area contributed by atoms with Crippen LogP contribution in [0.1, 0.15) is 0 Å². The van der Waals surface area contributed by atoms with Crippen molar-refractivity contribution in [1.29, 1.82) is 0 Å². The third-order valence-corrected chi connectivity index (χ3v) is 5.99. The maximum absolute atomic E-state index is 13.3. The molecule has 0 fully saturated rings. The maximum atomic E-state index is 13.3. The minimum Gasteiger partial charge on any atom is -0.258 e. The molecule has 4 aromatic rings. The summed E-state index contributed by atoms with van der Waals surface area (Å²) in [6.07, 6.45) is 0. The van der Waals surface area contributed by atoms with E-state index in [0.717, 1.165) is 11.8 Å². The van der Waals surface area contributed by atoms with Gasteiger partial charge in [-0.1, -0.05) is 48.2 Å². The van der Waals surface area contributed by atoms with Gasteiger partial charge in [0.2, 0.25) is 0 Å². The second kappa shape index (κ2) is 9.17. The molecule has 0 unspecified atom stereocenters. The Bertz CT molecular complexity index is 1260. The van der Waals surface area contributed by atoms with E-state index in [2.05, 4.69) is 0 Å². The number of nitrogens with zero attached hydrogens (tertiary/aromatic N) is 2. The average molecular weight is 464 g/mol. The zero-order chi connectivity index (χ0) is 23.5. The molecular weight excluding hydrogens is 450 g/mol. The summed E-state index contributed by atoms with van der Waals surface area (Å²) in [5.74, 6) is -0.944. The third-order valence-electron chi connectivity index (χ3n) is 4.89. The van der Waals surface area contributed by atoms with Crippen LogP contribution in [0.4, 0.5) is 20.2 Å². The molecule has 0 atom stereocenters. The molecule has 0 radical (unpaired) electrons. The van der Waals surface area contributed by atoms with Gasteiger partial charge < -0.3 is 0 Å². The molecule has 0 aliphatic rings. The molecule has 33 heavy (non-hydrogen) atoms. The van der Waals surface area contributed by atoms with Gasteiger partial charge in [0.1, 0.15) is 11.6 Å². The minimum atomic E-state index is -0.559. The van der Waals surface area contributed by atoms with Crippen molar-refractivity contribution in [2.24, 2.45) is 0 Å². The summed E-state index contributed by atoms with van der Waals surface area (Å²) < 4.78 is 26.7. The molecule has 0 N–H and O–H groups in total. The molecule has 0 aliphatic carbocycles. The molecule has 4 aromatic carbocycles. The largest absolute Gasteiger partial charge is 0.290 e. The Morgan fingerprint density at radius 2 is 0.939 bits per heavy atom. The molecule has 0 aliphatic heterocycles. The SMILES string of the molecule is O=[N+]([O-])c1c(Sc2cccc(-c3ccc(F)cc3)c2[N+](=O)[O-])cccc1-c1ccc(F)cc1. The van der Waals surface area contributed by atoms with E-state index >= 15 is 0 Å². The van der Waals surface area contributed by atoms with E-state index in [1.807, 2.05) is 0 Å². The number of hydrogen-bond acceptors (Lipinski definition) is 5. The lowest BCUT2D eigenvalue weighted by Crippen LogP contribution is -1.97. The summed E-state index contributed by atoms with van der Waals surface area (Å²) >= 11 is 0.890. The number of benzene rings is 4. The number of nitro benzene ring substituents is 2. The highest BCUT2D eigenvalue weighted by molar-refractivity contribution is 7.99. The Morgan fingerprint density at radius 3 is 1.27 bits per heavy atom. The van der Waals surface area contributed by atoms with Crippen molar-refractivity contribution in [2.75, 3.05) is 0 Å². The van der Waals surface area contributed by atoms with Crippen LogP contribution < -0.4 is 0 Å². The van der Waals surface area contributed by atoms with Gasteiger partial charge in [-0.2, -0.15) is 0 Å². The van der Waals surface area contributed by atoms with Crippen LogP contribution in [-0.4, -0.2) is 9.85 Å². The monoisotopic (exact) mass is 464 g/mol. The number of halogens is 2. The molecule has 0 spiro atoms. The summed E-state index contributed by atoms with van der Waals surface area (Å²) in [5, 5.41) is 23.9. The van der Waals surface area contributed by atoms with Crippen molar-refractivity contribution in [3.05, 3.63) is 117 Å². The Hall–Kier alpha value is -4.11. The van der Waals surface area contributed by atoms with E-state index in [1.165, 1.54) is 60.7 Å². The highest BCUT2D eigenvalue weighted by Gasteiger charge is 2.26. The van der Waals surface area contributed by atoms with E-state index in [1.54, 1.807) is 24.3 Å². The van der Waals surface area contributed by atoms with Gasteiger partial charge in [-0.3, -0.25) is 20.2 Å². The van der Waals surface area contributed by atoms with Crippen LogP contribution in [0, 0.1) is 31.9 Å². The number of hydrogen-bond donors (Lipinski definition) is 0. The Kier molecular flexibility index (Phi) is 6.14. The Morgan fingerprint density at radius 1 is 0.576 bits per heavy atom. The van der Waals surface area contributed by atoms with Gasteiger partial charge in [0.05, 0.1) is 30.8 Å². The van der Waals surface area contributed by atoms with E-state index in [-0.39, 0.29) is 32.3 Å². The second-order valence-electron chi connectivity index (χ2n) is 6.93. The fourth-order valence-electron chi connectivity index (χ4n) is 3.43. The fourth-order valence-corrected chi connectivity index (χ4v) is 4.52. The highest BCUT2D eigenvalue weighted by Crippen LogP contribution is 2.46. The first-order valence-electron chi connectivity index (χ1n) is 9.59. The number of para-hydroxylation sites is 2. The molecule has 0 bridgehead atoms. The van der Waals surface area contributed by atoms with E-state index in [4.69, 9.17) is 0 Å². The standard InChI is InChI=1S/C24H14F2N2O4S/c25-17-11-7-15(8-12-17)19-3-1-5-21(23(19)27(29)30)33-22-6-2-4-20(24(22)28(31)32)16-9-13-18(26)14-10-16/h1-14H. The van der Waals surface area contributed by atoms with Crippen LogP contribution in [-0.2, 0) is 0 Å². The average Bonchev–Trinajstić information content (AvgIpc) is 2.79. The first-order valence-corrected chi connectivity index (χ1v) is 10.4. The maximum Gasteiger partial charge on any atom is 0.290 e. The van der Waals surface area contributed by atoms with Crippen molar-refractivity contribution in [3.63, 3.8) is 0 Å². The van der Waals surface area contributed by atoms with Crippen LogP contribution in [0.2, 0.25) is 0 Å². The van der Waals surface area contributed by atoms with Gasteiger partial charge >= 0.3 is 0 Å². The lowest BCUT2D eigenvalue weighted by atomic mass is 10.0. The molecule has 0 amide bonds. The quantitative estimate of drug-likeness (QED) is 0.221. The predicted molar refractivity (Wildman–Crippen MR) is 121 cm³/mol. The Balaban J connectivity index is 1.84. The third kappa shape index (κ3) is 4.58. The van der Waals surface area contributed by atoms with Crippen LogP contribution >= 0.6 is 11.8 Å². The molecule has 6 nitrogen and oxygen atoms in total. The molecule has 0 saturated heterocycles. The van der Waals surface area contributed by atoms with Crippen molar-refractivity contribution in [2.45, 2.75) is 9.79 Å². The van der Waals surface area contributed by atoms with Crippen molar-refractivity contribution < 1.29 is 18.6 Å². The van der Waals surface area contributed by atoms with Gasteiger partial charge in [-0.15, -0.1) is 0 Å². The Labute approximate surface area is 190 Å². The lowest BCUT2D eigenvalue weighted by molar-refractivity contribution is -0.387. The molecule has 9 heteroatoms. The van der Waals surface area contributed by atoms with Crippen LogP contribution in [0.15, 0.2) is 94.7 Å². The predicted octanol–water partition coefficient (Wildman–Crippen LogP) is 7.27. The number of rotatable bonds is 6. The molecule has 4 rings (SSSR count). The van der Waals surface area contributed by atoms with Crippen molar-refractivity contribution in [3.8, 4) is 22.3 Å². The van der Waals surface area contributed by atoms with E-state index in [9.17, 15) is 29.0 Å². The van der Waals surface area contributed by atoms with Crippen molar-refractivity contribution in [1.82, 2.24) is 0 Å². The second-order valence-corrected chi connectivity index (χ2v) is 8.02. The normalized spacial score (nSPS) is 10.7. The molecule has 164 valence electrons. The molecular formula is C24H14F2N2O4S. The summed E-state index contributed by atoms with van der Waals surface area (Å²) in [4.78, 5) is 23.2. The van der Waals surface area contributed by atoms with Gasteiger partial charge in [-0.05, 0) is 59.7 Å². The molecule has 0 aromatic heterocycles. The van der Waals surface area contributed by atoms with Crippen LogP contribution in [0.5, 0.6) is 0 Å². The molecule has 0 heterocycles. The van der Waals surface area contributed by atoms with E-state index in [0.29, 0.717) is 11.1 Å². The minimum absolute atomic E-state index is 0.196. The van der Waals surface area contributed by atoms with Gasteiger partial charge in [0.15, 0.2) is 0 Å². The summed E-state index contributed by atoms with van der Waals surface area (Å²) in [6.45, 7) is 0. The topological polar surface area (TPSA) is 86.3 Å². The zero-order valence-electron chi connectivity index (χ0n) is 16.8. The van der Waals surface area contributed by atoms with Crippen LogP contribution in [0.3, 0.4) is 0 Å². The van der Waals surface area contributed by atoms with Gasteiger partial charge in [0, 0.05) is 0 Å². The summed E-state index contributed by atoms with van der Waals surface area (Å²) in [5.41, 5.74) is 0.941. The first kappa shape index (κ1) is 22.1. The first-order chi connectivity index (χ1) is 15.8.